The van der Waals surface area contributed by atoms with Gasteiger partial charge in [0, 0.05) is 30.4 Å². The van der Waals surface area contributed by atoms with Crippen molar-refractivity contribution in [3.05, 3.63) is 47.5 Å². The minimum atomic E-state index is -0.606. The number of aliphatic hydroxyl groups excluding tert-OH is 1. The van der Waals surface area contributed by atoms with E-state index in [4.69, 9.17) is 0 Å². The van der Waals surface area contributed by atoms with Gasteiger partial charge in [-0.25, -0.2) is 9.37 Å². The van der Waals surface area contributed by atoms with E-state index in [0.29, 0.717) is 28.2 Å². The minimum absolute atomic E-state index is 0.0159. The van der Waals surface area contributed by atoms with Crippen LogP contribution in [0, 0.1) is 12.7 Å². The Labute approximate surface area is 185 Å². The van der Waals surface area contributed by atoms with Crippen LogP contribution in [0.25, 0.3) is 22.4 Å². The van der Waals surface area contributed by atoms with Crippen LogP contribution in [0.1, 0.15) is 42.6 Å². The molecule has 168 valence electrons. The SMILES string of the molecule is Cc1cc(F)c(C(=O)NC2CC2)cc1-c1cnc(NC(C)(C)CO)c(-c2cn(C)nn2)c1. The van der Waals surface area contributed by atoms with E-state index in [1.165, 1.54) is 6.07 Å². The molecule has 1 saturated carbocycles. The summed E-state index contributed by atoms with van der Waals surface area (Å²) in [6.45, 7) is 5.42. The van der Waals surface area contributed by atoms with Crippen LogP contribution in [0.4, 0.5) is 10.2 Å². The Morgan fingerprint density at radius 2 is 2.03 bits per heavy atom. The number of pyridine rings is 1. The number of amides is 1. The number of benzene rings is 1. The molecule has 1 amide bonds. The predicted octanol–water partition coefficient (Wildman–Crippen LogP) is 3.07. The van der Waals surface area contributed by atoms with Gasteiger partial charge < -0.3 is 15.7 Å². The highest BCUT2D eigenvalue weighted by atomic mass is 19.1. The first-order valence-corrected chi connectivity index (χ1v) is 10.5. The van der Waals surface area contributed by atoms with Crippen molar-refractivity contribution >= 4 is 11.7 Å². The summed E-state index contributed by atoms with van der Waals surface area (Å²) >= 11 is 0. The van der Waals surface area contributed by atoms with Gasteiger partial charge in [0.05, 0.1) is 23.9 Å². The number of aryl methyl sites for hydroxylation is 2. The van der Waals surface area contributed by atoms with Crippen LogP contribution in [0.3, 0.4) is 0 Å². The molecule has 4 rings (SSSR count). The summed E-state index contributed by atoms with van der Waals surface area (Å²) in [4.78, 5) is 17.1. The topological polar surface area (TPSA) is 105 Å². The molecule has 0 aliphatic heterocycles. The van der Waals surface area contributed by atoms with E-state index >= 15 is 0 Å². The molecule has 1 aliphatic carbocycles. The average Bonchev–Trinajstić information content (AvgIpc) is 3.45. The fourth-order valence-electron chi connectivity index (χ4n) is 3.39. The molecule has 1 fully saturated rings. The summed E-state index contributed by atoms with van der Waals surface area (Å²) in [6, 6.07) is 4.97. The monoisotopic (exact) mass is 438 g/mol. The summed E-state index contributed by atoms with van der Waals surface area (Å²) in [6.07, 6.45) is 5.29. The minimum Gasteiger partial charge on any atom is -0.394 e. The van der Waals surface area contributed by atoms with Crippen LogP contribution in [0.15, 0.2) is 30.6 Å². The van der Waals surface area contributed by atoms with Crippen molar-refractivity contribution in [2.75, 3.05) is 11.9 Å². The first-order chi connectivity index (χ1) is 15.2. The highest BCUT2D eigenvalue weighted by molar-refractivity contribution is 5.96. The summed E-state index contributed by atoms with van der Waals surface area (Å²) in [5, 5.41) is 24.0. The maximum Gasteiger partial charge on any atom is 0.254 e. The Kier molecular flexibility index (Phi) is 5.68. The number of rotatable bonds is 7. The molecular formula is C23H27FN6O2. The molecule has 3 N–H and O–H groups in total. The van der Waals surface area contributed by atoms with Crippen molar-refractivity contribution in [3.63, 3.8) is 0 Å². The van der Waals surface area contributed by atoms with Crippen molar-refractivity contribution < 1.29 is 14.3 Å². The van der Waals surface area contributed by atoms with Gasteiger partial charge in [0.15, 0.2) is 0 Å². The lowest BCUT2D eigenvalue weighted by molar-refractivity contribution is 0.0947. The van der Waals surface area contributed by atoms with Gasteiger partial charge in [0.1, 0.15) is 17.3 Å². The highest BCUT2D eigenvalue weighted by Crippen LogP contribution is 2.33. The summed E-state index contributed by atoms with van der Waals surface area (Å²) in [5.41, 5.74) is 2.81. The first-order valence-electron chi connectivity index (χ1n) is 10.5. The summed E-state index contributed by atoms with van der Waals surface area (Å²) in [5.74, 6) is -0.411. The fraction of sp³-hybridized carbons (Fsp3) is 0.391. The van der Waals surface area contributed by atoms with E-state index in [9.17, 15) is 14.3 Å². The van der Waals surface area contributed by atoms with Gasteiger partial charge in [0.25, 0.3) is 5.91 Å². The number of hydrogen-bond acceptors (Lipinski definition) is 6. The normalized spacial score (nSPS) is 13.8. The molecule has 9 heteroatoms. The van der Waals surface area contributed by atoms with E-state index in [0.717, 1.165) is 18.4 Å². The molecular weight excluding hydrogens is 411 g/mol. The zero-order valence-corrected chi connectivity index (χ0v) is 18.6. The van der Waals surface area contributed by atoms with Crippen molar-refractivity contribution in [2.45, 2.75) is 45.2 Å². The van der Waals surface area contributed by atoms with Gasteiger partial charge in [-0.2, -0.15) is 0 Å². The number of hydrogen-bond donors (Lipinski definition) is 3. The smallest absolute Gasteiger partial charge is 0.254 e. The Morgan fingerprint density at radius 1 is 1.28 bits per heavy atom. The van der Waals surface area contributed by atoms with Gasteiger partial charge in [0.2, 0.25) is 0 Å². The Hall–Kier alpha value is -3.33. The number of carbonyl (C=O) groups excluding carboxylic acids is 1. The zero-order valence-electron chi connectivity index (χ0n) is 18.6. The number of aromatic nitrogens is 4. The number of anilines is 1. The molecule has 0 bridgehead atoms. The van der Waals surface area contributed by atoms with Gasteiger partial charge in [-0.05, 0) is 62.9 Å². The van der Waals surface area contributed by atoms with Gasteiger partial charge in [-0.15, -0.1) is 5.10 Å². The standard InChI is InChI=1S/C23H27FN6O2/c1-13-7-19(24)17(22(32)26-15-5-6-15)9-16(13)14-8-18(20-11-30(4)29-28-20)21(25-10-14)27-23(2,3)12-31/h7-11,15,31H,5-6,12H2,1-4H3,(H,25,27)(H,26,32). The first kappa shape index (κ1) is 21.9. The van der Waals surface area contributed by atoms with E-state index < -0.39 is 17.3 Å². The van der Waals surface area contributed by atoms with E-state index in [1.807, 2.05) is 19.9 Å². The molecule has 8 nitrogen and oxygen atoms in total. The fourth-order valence-corrected chi connectivity index (χ4v) is 3.39. The van der Waals surface area contributed by atoms with Crippen LogP contribution in [-0.4, -0.2) is 49.2 Å². The molecule has 1 aliphatic rings. The Bertz CT molecular complexity index is 1170. The van der Waals surface area contributed by atoms with Gasteiger partial charge in [-0.3, -0.25) is 9.48 Å². The molecule has 3 aromatic rings. The molecule has 32 heavy (non-hydrogen) atoms. The maximum atomic E-state index is 14.6. The summed E-state index contributed by atoms with van der Waals surface area (Å²) < 4.78 is 16.2. The van der Waals surface area contributed by atoms with Crippen molar-refractivity contribution in [1.82, 2.24) is 25.3 Å². The van der Waals surface area contributed by atoms with Crippen LogP contribution < -0.4 is 10.6 Å². The number of nitrogens with one attached hydrogen (secondary N) is 2. The molecule has 0 unspecified atom stereocenters. The lowest BCUT2D eigenvalue weighted by atomic mass is 9.96. The number of nitrogens with zero attached hydrogens (tertiary/aromatic N) is 4. The second-order valence-corrected chi connectivity index (χ2v) is 8.96. The Morgan fingerprint density at radius 3 is 2.66 bits per heavy atom. The van der Waals surface area contributed by atoms with Gasteiger partial charge in [-0.1, -0.05) is 5.21 Å². The lowest BCUT2D eigenvalue weighted by Gasteiger charge is -2.25. The number of aliphatic hydroxyl groups is 1. The third-order valence-electron chi connectivity index (χ3n) is 5.40. The lowest BCUT2D eigenvalue weighted by Crippen LogP contribution is -2.35. The highest BCUT2D eigenvalue weighted by Gasteiger charge is 2.26. The van der Waals surface area contributed by atoms with Crippen LogP contribution >= 0.6 is 0 Å². The quantitative estimate of drug-likeness (QED) is 0.524. The van der Waals surface area contributed by atoms with Crippen molar-refractivity contribution in [3.8, 4) is 22.4 Å². The van der Waals surface area contributed by atoms with Crippen LogP contribution in [-0.2, 0) is 7.05 Å². The molecule has 0 saturated heterocycles. The molecule has 2 aromatic heterocycles. The molecule has 1 aromatic carbocycles. The third kappa shape index (κ3) is 4.62. The van der Waals surface area contributed by atoms with Crippen molar-refractivity contribution in [2.24, 2.45) is 7.05 Å². The third-order valence-corrected chi connectivity index (χ3v) is 5.40. The predicted molar refractivity (Wildman–Crippen MR) is 120 cm³/mol. The molecule has 2 heterocycles. The van der Waals surface area contributed by atoms with Gasteiger partial charge >= 0.3 is 0 Å². The molecule has 0 atom stereocenters. The Balaban J connectivity index is 1.79. The van der Waals surface area contributed by atoms with Crippen molar-refractivity contribution in [1.29, 1.82) is 0 Å². The summed E-state index contributed by atoms with van der Waals surface area (Å²) in [7, 11) is 1.77. The average molecular weight is 439 g/mol. The van der Waals surface area contributed by atoms with Crippen LogP contribution in [0.5, 0.6) is 0 Å². The largest absolute Gasteiger partial charge is 0.394 e. The zero-order chi connectivity index (χ0) is 23.0. The second kappa shape index (κ2) is 8.31. The molecule has 0 spiro atoms. The number of carbonyl (C=O) groups is 1. The van der Waals surface area contributed by atoms with E-state index in [2.05, 4.69) is 25.9 Å². The molecule has 0 radical (unpaired) electrons. The van der Waals surface area contributed by atoms with E-state index in [1.54, 1.807) is 37.1 Å². The van der Waals surface area contributed by atoms with Crippen LogP contribution in [0.2, 0.25) is 0 Å². The van der Waals surface area contributed by atoms with E-state index in [-0.39, 0.29) is 18.2 Å². The maximum absolute atomic E-state index is 14.6. The number of halogens is 1. The second-order valence-electron chi connectivity index (χ2n) is 8.96.